The fourth-order valence-corrected chi connectivity index (χ4v) is 10.8. The molecule has 0 aliphatic carbocycles. The minimum Gasteiger partial charge on any atom is -0.405 e. The van der Waals surface area contributed by atoms with E-state index >= 15 is 0 Å². The van der Waals surface area contributed by atoms with Crippen molar-refractivity contribution < 1.29 is 23.7 Å². The molecular weight excluding hydrogens is 504 g/mol. The third kappa shape index (κ3) is 6.07. The molecule has 2 aliphatic rings. The van der Waals surface area contributed by atoms with Crippen LogP contribution in [0.2, 0.25) is 5.04 Å². The quantitative estimate of drug-likeness (QED) is 0.430. The summed E-state index contributed by atoms with van der Waals surface area (Å²) in [6.07, 6.45) is -0.445. The third-order valence-corrected chi connectivity index (χ3v) is 13.1. The number of hydrogen-bond donors (Lipinski definition) is 1. The minimum absolute atomic E-state index is 0.109. The average molecular weight is 547 g/mol. The number of aliphatic hydroxyl groups excluding tert-OH is 1. The van der Waals surface area contributed by atoms with Gasteiger partial charge in [0.1, 0.15) is 12.2 Å². The standard InChI is InChI=1S/C33H42O5Si/c1-24-20-28(34)30(37-31-22-35-32(38-29(31)21-24)25-14-8-5-9-15-25)23-36-39(33(2,3)4,26-16-10-6-11-17-26)27-18-12-7-13-19-27/h5-19,24,28-32,34H,20-23H2,1-4H3/t24-,28+,29-,30-,31+,32+/m0/s1. The van der Waals surface area contributed by atoms with E-state index in [0.717, 1.165) is 12.0 Å². The maximum absolute atomic E-state index is 11.3. The lowest BCUT2D eigenvalue weighted by Gasteiger charge is -2.45. The van der Waals surface area contributed by atoms with Crippen LogP contribution in [0.15, 0.2) is 91.0 Å². The summed E-state index contributed by atoms with van der Waals surface area (Å²) in [6, 6.07) is 31.2. The van der Waals surface area contributed by atoms with Crippen molar-refractivity contribution in [2.24, 2.45) is 5.92 Å². The van der Waals surface area contributed by atoms with Gasteiger partial charge in [0.2, 0.25) is 0 Å². The van der Waals surface area contributed by atoms with Gasteiger partial charge in [0.05, 0.1) is 25.4 Å². The fraction of sp³-hybridized carbons (Fsp3) is 0.455. The molecule has 208 valence electrons. The van der Waals surface area contributed by atoms with Gasteiger partial charge < -0.3 is 23.7 Å². The molecule has 2 fully saturated rings. The van der Waals surface area contributed by atoms with E-state index in [9.17, 15) is 5.11 Å². The zero-order chi connectivity index (χ0) is 27.5. The number of rotatable bonds is 6. The average Bonchev–Trinajstić information content (AvgIpc) is 2.93. The number of hydrogen-bond acceptors (Lipinski definition) is 5. The molecule has 2 saturated heterocycles. The SMILES string of the molecule is C[C@H]1C[C@@H](O)[C@H](CO[Si](c2ccccc2)(c2ccccc2)C(C)(C)C)O[C@@H]2CO[C@@H](c3ccccc3)O[C@H]2C1. The molecule has 0 unspecified atom stereocenters. The van der Waals surface area contributed by atoms with Crippen LogP contribution in [-0.2, 0) is 18.6 Å². The Kier molecular flexibility index (Phi) is 8.71. The van der Waals surface area contributed by atoms with E-state index in [1.807, 2.05) is 42.5 Å². The second kappa shape index (κ2) is 12.0. The van der Waals surface area contributed by atoms with E-state index in [-0.39, 0.29) is 23.2 Å². The van der Waals surface area contributed by atoms with Gasteiger partial charge in [-0.15, -0.1) is 0 Å². The molecule has 6 atom stereocenters. The molecule has 0 spiro atoms. The Morgan fingerprint density at radius 1 is 0.795 bits per heavy atom. The van der Waals surface area contributed by atoms with E-state index in [4.69, 9.17) is 18.6 Å². The summed E-state index contributed by atoms with van der Waals surface area (Å²) < 4.78 is 26.3. The summed E-state index contributed by atoms with van der Waals surface area (Å²) in [4.78, 5) is 0. The Morgan fingerprint density at radius 3 is 1.92 bits per heavy atom. The summed E-state index contributed by atoms with van der Waals surface area (Å²) in [7, 11) is -2.76. The molecule has 5 nitrogen and oxygen atoms in total. The highest BCUT2D eigenvalue weighted by Crippen LogP contribution is 2.38. The second-order valence-corrected chi connectivity index (χ2v) is 16.4. The summed E-state index contributed by atoms with van der Waals surface area (Å²) in [6.45, 7) is 9.69. The number of aliphatic hydroxyl groups is 1. The maximum atomic E-state index is 11.3. The molecule has 0 bridgehead atoms. The van der Waals surface area contributed by atoms with Crippen LogP contribution in [0.5, 0.6) is 0 Å². The summed E-state index contributed by atoms with van der Waals surface area (Å²) in [5, 5.41) is 13.6. The van der Waals surface area contributed by atoms with Gasteiger partial charge in [-0.05, 0) is 34.2 Å². The molecule has 0 aromatic heterocycles. The lowest BCUT2D eigenvalue weighted by molar-refractivity contribution is -0.287. The first-order valence-corrected chi connectivity index (χ1v) is 16.1. The Hall–Kier alpha value is -2.32. The summed E-state index contributed by atoms with van der Waals surface area (Å²) >= 11 is 0. The van der Waals surface area contributed by atoms with E-state index < -0.39 is 26.8 Å². The van der Waals surface area contributed by atoms with Gasteiger partial charge in [-0.25, -0.2) is 0 Å². The molecule has 0 radical (unpaired) electrons. The van der Waals surface area contributed by atoms with Gasteiger partial charge in [0.25, 0.3) is 8.32 Å². The van der Waals surface area contributed by atoms with Crippen molar-refractivity contribution in [1.82, 2.24) is 0 Å². The molecule has 39 heavy (non-hydrogen) atoms. The molecule has 0 amide bonds. The van der Waals surface area contributed by atoms with Crippen molar-refractivity contribution in [3.63, 3.8) is 0 Å². The van der Waals surface area contributed by atoms with Crippen LogP contribution in [0, 0.1) is 5.92 Å². The molecule has 3 aromatic rings. The van der Waals surface area contributed by atoms with Gasteiger partial charge in [0, 0.05) is 5.56 Å². The van der Waals surface area contributed by atoms with E-state index in [1.165, 1.54) is 10.4 Å². The van der Waals surface area contributed by atoms with Crippen molar-refractivity contribution in [2.45, 2.75) is 76.3 Å². The van der Waals surface area contributed by atoms with Crippen LogP contribution in [0.1, 0.15) is 52.4 Å². The molecule has 0 saturated carbocycles. The molecule has 1 N–H and O–H groups in total. The van der Waals surface area contributed by atoms with Gasteiger partial charge in [0.15, 0.2) is 6.29 Å². The molecule has 2 aliphatic heterocycles. The highest BCUT2D eigenvalue weighted by molar-refractivity contribution is 6.99. The zero-order valence-corrected chi connectivity index (χ0v) is 24.5. The highest BCUT2D eigenvalue weighted by atomic mass is 28.4. The maximum Gasteiger partial charge on any atom is 0.261 e. The monoisotopic (exact) mass is 546 g/mol. The first-order valence-electron chi connectivity index (χ1n) is 14.2. The Morgan fingerprint density at radius 2 is 1.36 bits per heavy atom. The fourth-order valence-electron chi connectivity index (χ4n) is 6.19. The lowest BCUT2D eigenvalue weighted by atomic mass is 9.90. The minimum atomic E-state index is -2.76. The first kappa shape index (κ1) is 28.2. The zero-order valence-electron chi connectivity index (χ0n) is 23.5. The van der Waals surface area contributed by atoms with Gasteiger partial charge in [-0.2, -0.15) is 0 Å². The van der Waals surface area contributed by atoms with Gasteiger partial charge in [-0.1, -0.05) is 119 Å². The van der Waals surface area contributed by atoms with Crippen molar-refractivity contribution in [3.05, 3.63) is 96.6 Å². The van der Waals surface area contributed by atoms with Crippen molar-refractivity contribution in [1.29, 1.82) is 0 Å². The van der Waals surface area contributed by atoms with Crippen molar-refractivity contribution >= 4 is 18.7 Å². The van der Waals surface area contributed by atoms with Gasteiger partial charge in [-0.3, -0.25) is 0 Å². The number of benzene rings is 3. The van der Waals surface area contributed by atoms with E-state index in [1.54, 1.807) is 0 Å². The second-order valence-electron chi connectivity index (χ2n) is 12.1. The third-order valence-electron chi connectivity index (χ3n) is 8.13. The summed E-state index contributed by atoms with van der Waals surface area (Å²) in [5.41, 5.74) is 1.01. The van der Waals surface area contributed by atoms with Crippen LogP contribution in [-0.4, -0.2) is 51.1 Å². The van der Waals surface area contributed by atoms with Crippen molar-refractivity contribution in [2.75, 3.05) is 13.2 Å². The van der Waals surface area contributed by atoms with Crippen LogP contribution in [0.4, 0.5) is 0 Å². The van der Waals surface area contributed by atoms with Crippen LogP contribution < -0.4 is 10.4 Å². The molecule has 3 aromatic carbocycles. The Balaban J connectivity index is 1.41. The Labute approximate surface area is 234 Å². The van der Waals surface area contributed by atoms with Gasteiger partial charge >= 0.3 is 0 Å². The van der Waals surface area contributed by atoms with Crippen LogP contribution in [0.25, 0.3) is 0 Å². The number of fused-ring (bicyclic) bond motifs is 1. The normalized spacial score (nSPS) is 28.2. The van der Waals surface area contributed by atoms with E-state index in [0.29, 0.717) is 19.6 Å². The number of ether oxygens (including phenoxy) is 3. The predicted octanol–water partition coefficient (Wildman–Crippen LogP) is 5.22. The smallest absolute Gasteiger partial charge is 0.261 e. The Bertz CT molecular complexity index is 1130. The molecule has 6 heteroatoms. The van der Waals surface area contributed by atoms with E-state index in [2.05, 4.69) is 76.2 Å². The predicted molar refractivity (Wildman–Crippen MR) is 157 cm³/mol. The lowest BCUT2D eigenvalue weighted by Crippen LogP contribution is -2.67. The topological polar surface area (TPSA) is 57.2 Å². The van der Waals surface area contributed by atoms with Crippen LogP contribution >= 0.6 is 0 Å². The molecule has 2 heterocycles. The molecular formula is C33H42O5Si. The summed E-state index contributed by atoms with van der Waals surface area (Å²) in [5.74, 6) is 0.279. The highest BCUT2D eigenvalue weighted by Gasteiger charge is 2.51. The van der Waals surface area contributed by atoms with Crippen molar-refractivity contribution in [3.8, 4) is 0 Å². The van der Waals surface area contributed by atoms with Crippen LogP contribution in [0.3, 0.4) is 0 Å². The largest absolute Gasteiger partial charge is 0.405 e. The first-order chi connectivity index (χ1) is 18.8. The molecule has 5 rings (SSSR count).